The van der Waals surface area contributed by atoms with Crippen LogP contribution in [-0.2, 0) is 10.0 Å². The van der Waals surface area contributed by atoms with Crippen LogP contribution >= 0.6 is 0 Å². The summed E-state index contributed by atoms with van der Waals surface area (Å²) in [5.74, 6) is -0.303. The van der Waals surface area contributed by atoms with E-state index in [1.165, 1.54) is 12.4 Å². The smallest absolute Gasteiger partial charge is 0.258 e. The monoisotopic (exact) mass is 255 g/mol. The van der Waals surface area contributed by atoms with E-state index in [1.54, 1.807) is 0 Å². The molecular weight excluding hydrogens is 246 g/mol. The Bertz CT molecular complexity index is 663. The van der Waals surface area contributed by atoms with Crippen LogP contribution in [0.3, 0.4) is 0 Å². The molecule has 0 saturated heterocycles. The minimum Gasteiger partial charge on any atom is -0.494 e. The standard InChI is InChI=1S/C8H9N5O3S/c1-2-3-10-17(15,16)6-4-7(14)13-5-9-12-8(13)11-6/h2,4-5,10,14H,1,3H2. The third-order valence-electron chi connectivity index (χ3n) is 1.93. The molecule has 2 rings (SSSR count). The number of aromatic hydroxyl groups is 1. The van der Waals surface area contributed by atoms with E-state index in [4.69, 9.17) is 0 Å². The quantitative estimate of drug-likeness (QED) is 0.552. The molecule has 0 saturated carbocycles. The topological polar surface area (TPSA) is 109 Å². The molecule has 90 valence electrons. The van der Waals surface area contributed by atoms with Crippen molar-refractivity contribution < 1.29 is 13.5 Å². The molecule has 2 aromatic heterocycles. The SMILES string of the molecule is C=CCNS(=O)(=O)c1cc(O)n2cnnc2n1. The van der Waals surface area contributed by atoms with Crippen molar-refractivity contribution in [2.75, 3.05) is 6.54 Å². The Balaban J connectivity index is 2.52. The van der Waals surface area contributed by atoms with Gasteiger partial charge >= 0.3 is 0 Å². The summed E-state index contributed by atoms with van der Waals surface area (Å²) in [6, 6.07) is 1.02. The second kappa shape index (κ2) is 4.11. The maximum absolute atomic E-state index is 11.7. The van der Waals surface area contributed by atoms with Gasteiger partial charge in [-0.25, -0.2) is 17.5 Å². The zero-order valence-electron chi connectivity index (χ0n) is 8.61. The largest absolute Gasteiger partial charge is 0.494 e. The van der Waals surface area contributed by atoms with E-state index in [2.05, 4.69) is 26.5 Å². The van der Waals surface area contributed by atoms with Gasteiger partial charge in [0.25, 0.3) is 15.8 Å². The van der Waals surface area contributed by atoms with Gasteiger partial charge in [-0.05, 0) is 0 Å². The molecule has 0 radical (unpaired) electrons. The van der Waals surface area contributed by atoms with Gasteiger partial charge in [-0.1, -0.05) is 6.08 Å². The molecule has 8 nitrogen and oxygen atoms in total. The molecule has 0 fully saturated rings. The lowest BCUT2D eigenvalue weighted by Gasteiger charge is -2.04. The Morgan fingerprint density at radius 3 is 3.06 bits per heavy atom. The Labute approximate surface area is 96.7 Å². The summed E-state index contributed by atoms with van der Waals surface area (Å²) in [6.07, 6.45) is 2.62. The van der Waals surface area contributed by atoms with E-state index in [0.717, 1.165) is 10.5 Å². The summed E-state index contributed by atoms with van der Waals surface area (Å²) in [6.45, 7) is 3.47. The third kappa shape index (κ3) is 2.10. The highest BCUT2D eigenvalue weighted by molar-refractivity contribution is 7.89. The fourth-order valence-electron chi connectivity index (χ4n) is 1.16. The molecule has 2 heterocycles. The highest BCUT2D eigenvalue weighted by Gasteiger charge is 2.18. The number of rotatable bonds is 4. The van der Waals surface area contributed by atoms with Crippen molar-refractivity contribution in [3.05, 3.63) is 25.0 Å². The first-order valence-electron chi connectivity index (χ1n) is 4.55. The number of nitrogens with one attached hydrogen (secondary N) is 1. The molecule has 2 aromatic rings. The number of aromatic nitrogens is 4. The Morgan fingerprint density at radius 2 is 2.35 bits per heavy atom. The maximum atomic E-state index is 11.7. The van der Waals surface area contributed by atoms with Crippen molar-refractivity contribution in [1.82, 2.24) is 24.3 Å². The maximum Gasteiger partial charge on any atom is 0.258 e. The van der Waals surface area contributed by atoms with Crippen molar-refractivity contribution in [1.29, 1.82) is 0 Å². The van der Waals surface area contributed by atoms with Gasteiger partial charge in [0, 0.05) is 12.6 Å². The van der Waals surface area contributed by atoms with Crippen LogP contribution in [0.1, 0.15) is 0 Å². The van der Waals surface area contributed by atoms with Gasteiger partial charge in [0.05, 0.1) is 0 Å². The molecule has 17 heavy (non-hydrogen) atoms. The average Bonchev–Trinajstić information content (AvgIpc) is 2.75. The number of nitrogens with zero attached hydrogens (tertiary/aromatic N) is 4. The molecule has 2 N–H and O–H groups in total. The molecule has 0 amide bonds. The molecule has 0 atom stereocenters. The summed E-state index contributed by atoms with van der Waals surface area (Å²) < 4.78 is 26.8. The van der Waals surface area contributed by atoms with Gasteiger partial charge in [-0.2, -0.15) is 4.98 Å². The van der Waals surface area contributed by atoms with Crippen molar-refractivity contribution in [2.45, 2.75) is 5.03 Å². The molecule has 0 unspecified atom stereocenters. The molecule has 0 aliphatic heterocycles. The summed E-state index contributed by atoms with van der Waals surface area (Å²) in [7, 11) is -3.79. The van der Waals surface area contributed by atoms with Crippen molar-refractivity contribution in [2.24, 2.45) is 0 Å². The summed E-state index contributed by atoms with van der Waals surface area (Å²) >= 11 is 0. The molecule has 0 aliphatic rings. The van der Waals surface area contributed by atoms with Gasteiger partial charge in [0.2, 0.25) is 5.88 Å². The van der Waals surface area contributed by atoms with E-state index in [0.29, 0.717) is 0 Å². The number of hydrogen-bond donors (Lipinski definition) is 2. The van der Waals surface area contributed by atoms with E-state index in [1.807, 2.05) is 0 Å². The van der Waals surface area contributed by atoms with Crippen molar-refractivity contribution in [3.63, 3.8) is 0 Å². The number of fused-ring (bicyclic) bond motifs is 1. The lowest BCUT2D eigenvalue weighted by atomic mass is 10.6. The second-order valence-corrected chi connectivity index (χ2v) is 4.81. The highest BCUT2D eigenvalue weighted by Crippen LogP contribution is 2.15. The summed E-state index contributed by atoms with van der Waals surface area (Å²) in [5.41, 5.74) is 0. The number of hydrogen-bond acceptors (Lipinski definition) is 6. The molecule has 0 spiro atoms. The van der Waals surface area contributed by atoms with E-state index in [-0.39, 0.29) is 23.2 Å². The average molecular weight is 255 g/mol. The van der Waals surface area contributed by atoms with Crippen LogP contribution in [0.2, 0.25) is 0 Å². The highest BCUT2D eigenvalue weighted by atomic mass is 32.2. The van der Waals surface area contributed by atoms with Crippen molar-refractivity contribution in [3.8, 4) is 5.88 Å². The fraction of sp³-hybridized carbons (Fsp3) is 0.125. The zero-order chi connectivity index (χ0) is 12.5. The Hall–Kier alpha value is -2.00. The molecule has 0 aliphatic carbocycles. The zero-order valence-corrected chi connectivity index (χ0v) is 9.42. The van der Waals surface area contributed by atoms with Crippen LogP contribution < -0.4 is 4.72 Å². The van der Waals surface area contributed by atoms with Crippen LogP contribution in [0.15, 0.2) is 30.1 Å². The third-order valence-corrected chi connectivity index (χ3v) is 3.24. The van der Waals surface area contributed by atoms with E-state index >= 15 is 0 Å². The first-order chi connectivity index (χ1) is 8.04. The van der Waals surface area contributed by atoms with E-state index < -0.39 is 10.0 Å². The fourth-order valence-corrected chi connectivity index (χ4v) is 2.11. The van der Waals surface area contributed by atoms with Crippen LogP contribution in [-0.4, -0.2) is 39.7 Å². The summed E-state index contributed by atoms with van der Waals surface area (Å²) in [5, 5.41) is 16.3. The predicted molar refractivity (Wildman–Crippen MR) is 57.8 cm³/mol. The van der Waals surface area contributed by atoms with Crippen LogP contribution in [0.4, 0.5) is 0 Å². The van der Waals surface area contributed by atoms with Crippen LogP contribution in [0, 0.1) is 0 Å². The predicted octanol–water partition coefficient (Wildman–Crippen LogP) is -0.706. The van der Waals surface area contributed by atoms with Crippen LogP contribution in [0.25, 0.3) is 5.78 Å². The van der Waals surface area contributed by atoms with Gasteiger partial charge in [-0.3, -0.25) is 0 Å². The van der Waals surface area contributed by atoms with Crippen LogP contribution in [0.5, 0.6) is 5.88 Å². The second-order valence-electron chi connectivity index (χ2n) is 3.09. The lowest BCUT2D eigenvalue weighted by molar-refractivity contribution is 0.441. The first-order valence-corrected chi connectivity index (χ1v) is 6.03. The van der Waals surface area contributed by atoms with Gasteiger partial charge < -0.3 is 5.11 Å². The first kappa shape index (κ1) is 11.5. The number of sulfonamides is 1. The van der Waals surface area contributed by atoms with E-state index in [9.17, 15) is 13.5 Å². The molecule has 9 heteroatoms. The molecule has 0 bridgehead atoms. The Morgan fingerprint density at radius 1 is 1.59 bits per heavy atom. The Kier molecular flexibility index (Phi) is 2.77. The van der Waals surface area contributed by atoms with Crippen molar-refractivity contribution >= 4 is 15.8 Å². The lowest BCUT2D eigenvalue weighted by Crippen LogP contribution is -2.24. The minimum absolute atomic E-state index is 0.00368. The molecule has 0 aromatic carbocycles. The van der Waals surface area contributed by atoms with Gasteiger partial charge in [0.1, 0.15) is 6.33 Å². The van der Waals surface area contributed by atoms with Gasteiger partial charge in [0.15, 0.2) is 5.03 Å². The molecular formula is C8H9N5O3S. The normalized spacial score (nSPS) is 11.8. The minimum atomic E-state index is -3.79. The van der Waals surface area contributed by atoms with Gasteiger partial charge in [-0.15, -0.1) is 16.8 Å². The summed E-state index contributed by atoms with van der Waals surface area (Å²) in [4.78, 5) is 3.77.